The van der Waals surface area contributed by atoms with Crippen molar-refractivity contribution in [3.05, 3.63) is 29.8 Å². The second kappa shape index (κ2) is 6.87. The summed E-state index contributed by atoms with van der Waals surface area (Å²) in [5, 5.41) is 4.79. The van der Waals surface area contributed by atoms with Gasteiger partial charge in [0.15, 0.2) is 0 Å². The number of amides is 1. The normalized spacial score (nSPS) is 11.4. The van der Waals surface area contributed by atoms with Crippen molar-refractivity contribution in [3.8, 4) is 0 Å². The molecule has 0 fully saturated rings. The first kappa shape index (κ1) is 15.9. The molecule has 0 heterocycles. The lowest BCUT2D eigenvalue weighted by atomic mass is 10.2. The van der Waals surface area contributed by atoms with E-state index in [0.717, 1.165) is 13.1 Å². The molecule has 0 aromatic heterocycles. The van der Waals surface area contributed by atoms with E-state index in [1.54, 1.807) is 19.0 Å². The van der Waals surface area contributed by atoms with Crippen LogP contribution in [0.25, 0.3) is 0 Å². The molecule has 0 aliphatic rings. The number of hydrogen-bond acceptors (Lipinski definition) is 2. The molecular weight excluding hydrogens is 252 g/mol. The first-order valence-corrected chi connectivity index (χ1v) is 10.3. The van der Waals surface area contributed by atoms with Gasteiger partial charge < -0.3 is 10.2 Å². The van der Waals surface area contributed by atoms with Crippen LogP contribution in [0.15, 0.2) is 24.3 Å². The van der Waals surface area contributed by atoms with Crippen molar-refractivity contribution >= 4 is 19.2 Å². The zero-order valence-corrected chi connectivity index (χ0v) is 13.8. The third-order valence-electron chi connectivity index (χ3n) is 3.16. The number of carbonyl (C=O) groups excluding carboxylic acids is 1. The number of hydrogen-bond donors (Lipinski definition) is 1. The lowest BCUT2D eigenvalue weighted by Gasteiger charge is -2.17. The maximum absolute atomic E-state index is 11.4. The fraction of sp³-hybridized carbons (Fsp3) is 0.533. The van der Waals surface area contributed by atoms with Crippen LogP contribution >= 0.6 is 0 Å². The van der Waals surface area contributed by atoms with Gasteiger partial charge in [0.2, 0.25) is 5.91 Å². The lowest BCUT2D eigenvalue weighted by molar-refractivity contribution is -0.128. The van der Waals surface area contributed by atoms with Crippen molar-refractivity contribution in [1.82, 2.24) is 10.2 Å². The summed E-state index contributed by atoms with van der Waals surface area (Å²) in [4.78, 5) is 13.0. The fourth-order valence-corrected chi connectivity index (χ4v) is 2.94. The lowest BCUT2D eigenvalue weighted by Crippen LogP contribution is -2.37. The van der Waals surface area contributed by atoms with Crippen molar-refractivity contribution in [3.63, 3.8) is 0 Å². The Hall–Kier alpha value is -1.13. The standard InChI is InChI=1S/C15H26N2OSi/c1-17(2)15(18)10-11-16-12-13-6-8-14(9-7-13)19(3,4)5/h6-9,16H,10-12H2,1-5H3. The number of carbonyl (C=O) groups is 1. The first-order chi connectivity index (χ1) is 8.80. The van der Waals surface area contributed by atoms with Crippen LogP contribution in [0.5, 0.6) is 0 Å². The SMILES string of the molecule is CN(C)C(=O)CCNCc1ccc([Si](C)(C)C)cc1. The Bertz CT molecular complexity index is 407. The van der Waals surface area contributed by atoms with Gasteiger partial charge in [-0.05, 0) is 5.56 Å². The number of benzene rings is 1. The van der Waals surface area contributed by atoms with E-state index in [9.17, 15) is 4.79 Å². The molecular formula is C15H26N2OSi. The van der Waals surface area contributed by atoms with E-state index in [1.807, 2.05) is 0 Å². The summed E-state index contributed by atoms with van der Waals surface area (Å²) in [6, 6.07) is 8.87. The molecule has 1 aromatic carbocycles. The van der Waals surface area contributed by atoms with Gasteiger partial charge >= 0.3 is 0 Å². The minimum atomic E-state index is -1.19. The molecule has 0 aliphatic heterocycles. The highest BCUT2D eigenvalue weighted by molar-refractivity contribution is 6.88. The maximum Gasteiger partial charge on any atom is 0.223 e. The topological polar surface area (TPSA) is 32.3 Å². The molecule has 1 N–H and O–H groups in total. The summed E-state index contributed by atoms with van der Waals surface area (Å²) in [5.41, 5.74) is 1.28. The molecule has 1 amide bonds. The monoisotopic (exact) mass is 278 g/mol. The predicted molar refractivity (Wildman–Crippen MR) is 84.4 cm³/mol. The van der Waals surface area contributed by atoms with Crippen molar-refractivity contribution in [1.29, 1.82) is 0 Å². The van der Waals surface area contributed by atoms with Crippen molar-refractivity contribution < 1.29 is 4.79 Å². The highest BCUT2D eigenvalue weighted by Gasteiger charge is 2.15. The Morgan fingerprint density at radius 3 is 2.21 bits per heavy atom. The van der Waals surface area contributed by atoms with Gasteiger partial charge in [0.05, 0.1) is 8.07 Å². The smallest absolute Gasteiger partial charge is 0.223 e. The van der Waals surface area contributed by atoms with Gasteiger partial charge in [-0.3, -0.25) is 4.79 Å². The quantitative estimate of drug-likeness (QED) is 0.636. The largest absolute Gasteiger partial charge is 0.349 e. The molecule has 0 spiro atoms. The second-order valence-corrected chi connectivity index (χ2v) is 11.2. The van der Waals surface area contributed by atoms with Crippen LogP contribution in [0.4, 0.5) is 0 Å². The number of nitrogens with one attached hydrogen (secondary N) is 1. The summed E-state index contributed by atoms with van der Waals surface area (Å²) in [6.07, 6.45) is 0.556. The molecule has 0 saturated heterocycles. The van der Waals surface area contributed by atoms with E-state index in [-0.39, 0.29) is 5.91 Å². The van der Waals surface area contributed by atoms with Gasteiger partial charge in [0.25, 0.3) is 0 Å². The Labute approximate surface area is 118 Å². The number of nitrogens with zero attached hydrogens (tertiary/aromatic N) is 1. The van der Waals surface area contributed by atoms with E-state index in [1.165, 1.54) is 10.8 Å². The summed E-state index contributed by atoms with van der Waals surface area (Å²) in [6.45, 7) is 8.62. The average molecular weight is 278 g/mol. The molecule has 0 atom stereocenters. The third-order valence-corrected chi connectivity index (χ3v) is 5.23. The van der Waals surface area contributed by atoms with Crippen LogP contribution < -0.4 is 10.5 Å². The molecule has 1 rings (SSSR count). The Morgan fingerprint density at radius 2 is 1.74 bits per heavy atom. The molecule has 4 heteroatoms. The Balaban J connectivity index is 2.37. The van der Waals surface area contributed by atoms with E-state index in [0.29, 0.717) is 6.42 Å². The molecule has 0 aliphatic carbocycles. The Kier molecular flexibility index (Phi) is 5.75. The van der Waals surface area contributed by atoms with Crippen LogP contribution in [-0.2, 0) is 11.3 Å². The summed E-state index contributed by atoms with van der Waals surface area (Å²) < 4.78 is 0. The van der Waals surface area contributed by atoms with Gasteiger partial charge in [-0.25, -0.2) is 0 Å². The van der Waals surface area contributed by atoms with E-state index < -0.39 is 8.07 Å². The average Bonchev–Trinajstić information content (AvgIpc) is 2.33. The van der Waals surface area contributed by atoms with Gasteiger partial charge in [-0.15, -0.1) is 0 Å². The fourth-order valence-electron chi connectivity index (χ4n) is 1.77. The summed E-state index contributed by atoms with van der Waals surface area (Å²) in [5.74, 6) is 0.168. The third kappa shape index (κ3) is 5.57. The maximum atomic E-state index is 11.4. The molecule has 19 heavy (non-hydrogen) atoms. The summed E-state index contributed by atoms with van der Waals surface area (Å²) >= 11 is 0. The van der Waals surface area contributed by atoms with Crippen molar-refractivity contribution in [2.24, 2.45) is 0 Å². The van der Waals surface area contributed by atoms with Gasteiger partial charge in [-0.1, -0.05) is 49.1 Å². The van der Waals surface area contributed by atoms with Gasteiger partial charge in [0, 0.05) is 33.6 Å². The molecule has 106 valence electrons. The Morgan fingerprint density at radius 1 is 1.16 bits per heavy atom. The molecule has 1 aromatic rings. The number of rotatable bonds is 6. The van der Waals surface area contributed by atoms with Crippen LogP contribution in [0.2, 0.25) is 19.6 Å². The molecule has 0 saturated carbocycles. The van der Waals surface area contributed by atoms with Crippen LogP contribution in [-0.4, -0.2) is 39.5 Å². The predicted octanol–water partition coefficient (Wildman–Crippen LogP) is 1.80. The zero-order chi connectivity index (χ0) is 14.5. The molecule has 0 bridgehead atoms. The van der Waals surface area contributed by atoms with Crippen molar-refractivity contribution in [2.75, 3.05) is 20.6 Å². The minimum absolute atomic E-state index is 0.168. The van der Waals surface area contributed by atoms with Crippen LogP contribution in [0, 0.1) is 0 Å². The van der Waals surface area contributed by atoms with E-state index >= 15 is 0 Å². The van der Waals surface area contributed by atoms with E-state index in [4.69, 9.17) is 0 Å². The van der Waals surface area contributed by atoms with E-state index in [2.05, 4.69) is 49.2 Å². The van der Waals surface area contributed by atoms with Crippen LogP contribution in [0.3, 0.4) is 0 Å². The molecule has 0 unspecified atom stereocenters. The molecule has 0 radical (unpaired) electrons. The van der Waals surface area contributed by atoms with Gasteiger partial charge in [-0.2, -0.15) is 0 Å². The minimum Gasteiger partial charge on any atom is -0.349 e. The molecule has 3 nitrogen and oxygen atoms in total. The highest BCUT2D eigenvalue weighted by atomic mass is 28.3. The van der Waals surface area contributed by atoms with Crippen molar-refractivity contribution in [2.45, 2.75) is 32.6 Å². The summed E-state index contributed by atoms with van der Waals surface area (Å²) in [7, 11) is 2.39. The van der Waals surface area contributed by atoms with Gasteiger partial charge in [0.1, 0.15) is 0 Å². The highest BCUT2D eigenvalue weighted by Crippen LogP contribution is 2.04. The zero-order valence-electron chi connectivity index (χ0n) is 12.8. The second-order valence-electron chi connectivity index (χ2n) is 6.16. The first-order valence-electron chi connectivity index (χ1n) is 6.81. The van der Waals surface area contributed by atoms with Crippen LogP contribution in [0.1, 0.15) is 12.0 Å².